The van der Waals surface area contributed by atoms with E-state index in [1.165, 1.54) is 43.6 Å². The van der Waals surface area contributed by atoms with Crippen LogP contribution >= 0.6 is 39.7 Å². The minimum atomic E-state index is 0.282. The highest BCUT2D eigenvalue weighted by Crippen LogP contribution is 2.75. The lowest BCUT2D eigenvalue weighted by Crippen LogP contribution is -2.06. The molecule has 0 aromatic rings. The SMILES string of the molecule is C1CCC(SP2SCCS2)CC1. The van der Waals surface area contributed by atoms with Crippen molar-refractivity contribution in [2.24, 2.45) is 0 Å². The molecule has 0 aromatic carbocycles. The lowest BCUT2D eigenvalue weighted by molar-refractivity contribution is 0.517. The minimum absolute atomic E-state index is 0.282. The summed E-state index contributed by atoms with van der Waals surface area (Å²) < 4.78 is 0. The molecule has 2 rings (SSSR count). The average molecular weight is 238 g/mol. The highest BCUT2D eigenvalue weighted by molar-refractivity contribution is 9.13. The molecule has 1 saturated carbocycles. The zero-order valence-electron chi connectivity index (χ0n) is 7.20. The molecule has 0 nitrogen and oxygen atoms in total. The Morgan fingerprint density at radius 1 is 1.00 bits per heavy atom. The first-order valence-electron chi connectivity index (χ1n) is 4.68. The van der Waals surface area contributed by atoms with Gasteiger partial charge in [0.05, 0.1) is 5.53 Å². The summed E-state index contributed by atoms with van der Waals surface area (Å²) >= 11 is 6.77. The first-order valence-corrected chi connectivity index (χ1v) is 10.7. The van der Waals surface area contributed by atoms with Crippen molar-refractivity contribution in [3.63, 3.8) is 0 Å². The van der Waals surface area contributed by atoms with Gasteiger partial charge in [0, 0.05) is 16.8 Å². The van der Waals surface area contributed by atoms with Crippen molar-refractivity contribution >= 4 is 39.7 Å². The Kier molecular flexibility index (Phi) is 4.49. The quantitative estimate of drug-likeness (QED) is 0.637. The highest BCUT2D eigenvalue weighted by Gasteiger charge is 2.23. The van der Waals surface area contributed by atoms with E-state index in [1.54, 1.807) is 0 Å². The molecule has 12 heavy (non-hydrogen) atoms. The second-order valence-corrected chi connectivity index (χ2v) is 13.5. The first kappa shape index (κ1) is 10.0. The molecular weight excluding hydrogens is 223 g/mol. The largest absolute Gasteiger partial charge is 0.111 e. The molecule has 1 aliphatic carbocycles. The molecule has 0 aromatic heterocycles. The van der Waals surface area contributed by atoms with Crippen LogP contribution in [0.2, 0.25) is 0 Å². The molecule has 0 amide bonds. The molecule has 4 heteroatoms. The van der Waals surface area contributed by atoms with Crippen LogP contribution in [0.5, 0.6) is 0 Å². The smallest absolute Gasteiger partial charge is 0.0732 e. The summed E-state index contributed by atoms with van der Waals surface area (Å²) in [5.74, 6) is 2.83. The third-order valence-electron chi connectivity index (χ3n) is 2.26. The maximum atomic E-state index is 2.32. The normalized spacial score (nSPS) is 28.0. The summed E-state index contributed by atoms with van der Waals surface area (Å²) in [6.45, 7) is 0. The fourth-order valence-corrected chi connectivity index (χ4v) is 14.3. The molecular formula is C8H15PS3. The molecule has 0 spiro atoms. The topological polar surface area (TPSA) is 0 Å². The predicted molar refractivity (Wildman–Crippen MR) is 66.3 cm³/mol. The van der Waals surface area contributed by atoms with E-state index in [2.05, 4.69) is 34.1 Å². The zero-order valence-corrected chi connectivity index (χ0v) is 10.5. The van der Waals surface area contributed by atoms with Crippen LogP contribution < -0.4 is 0 Å². The van der Waals surface area contributed by atoms with Gasteiger partial charge < -0.3 is 0 Å². The Morgan fingerprint density at radius 3 is 2.33 bits per heavy atom. The van der Waals surface area contributed by atoms with Crippen LogP contribution in [0.4, 0.5) is 0 Å². The Labute approximate surface area is 88.4 Å². The summed E-state index contributed by atoms with van der Waals surface area (Å²) in [6, 6.07) is 0. The molecule has 1 heterocycles. The first-order chi connectivity index (χ1) is 5.95. The number of hydrogen-bond acceptors (Lipinski definition) is 3. The maximum absolute atomic E-state index is 2.32. The van der Waals surface area contributed by atoms with E-state index in [0.29, 0.717) is 0 Å². The Balaban J connectivity index is 1.69. The molecule has 1 aliphatic heterocycles. The van der Waals surface area contributed by atoms with Gasteiger partial charge in [-0.05, 0) is 12.8 Å². The summed E-state index contributed by atoms with van der Waals surface area (Å²) in [4.78, 5) is 0. The average Bonchev–Trinajstić information content (AvgIpc) is 2.59. The summed E-state index contributed by atoms with van der Waals surface area (Å²) in [5, 5.41) is 1.03. The molecule has 0 atom stereocenters. The molecule has 70 valence electrons. The van der Waals surface area contributed by atoms with Gasteiger partial charge in [-0.3, -0.25) is 0 Å². The van der Waals surface area contributed by atoms with Gasteiger partial charge in [-0.15, -0.1) is 34.1 Å². The van der Waals surface area contributed by atoms with Gasteiger partial charge in [0.15, 0.2) is 0 Å². The maximum Gasteiger partial charge on any atom is 0.0732 e. The van der Waals surface area contributed by atoms with E-state index >= 15 is 0 Å². The second-order valence-electron chi connectivity index (χ2n) is 3.26. The van der Waals surface area contributed by atoms with Crippen LogP contribution in [0.1, 0.15) is 32.1 Å². The number of hydrogen-bond donors (Lipinski definition) is 0. The van der Waals surface area contributed by atoms with E-state index in [0.717, 1.165) is 5.25 Å². The van der Waals surface area contributed by atoms with Crippen molar-refractivity contribution in [1.29, 1.82) is 0 Å². The van der Waals surface area contributed by atoms with Crippen molar-refractivity contribution in [1.82, 2.24) is 0 Å². The van der Waals surface area contributed by atoms with Gasteiger partial charge in [-0.25, -0.2) is 0 Å². The fourth-order valence-electron chi connectivity index (χ4n) is 1.61. The van der Waals surface area contributed by atoms with E-state index in [-0.39, 0.29) is 5.53 Å². The van der Waals surface area contributed by atoms with E-state index in [1.807, 2.05) is 0 Å². The molecule has 2 fully saturated rings. The van der Waals surface area contributed by atoms with Crippen molar-refractivity contribution in [3.8, 4) is 0 Å². The lowest BCUT2D eigenvalue weighted by Gasteiger charge is -2.22. The van der Waals surface area contributed by atoms with Gasteiger partial charge in [-0.2, -0.15) is 0 Å². The van der Waals surface area contributed by atoms with Crippen molar-refractivity contribution in [2.75, 3.05) is 11.5 Å². The van der Waals surface area contributed by atoms with E-state index < -0.39 is 0 Å². The third-order valence-corrected chi connectivity index (χ3v) is 13.8. The molecule has 0 radical (unpaired) electrons. The monoisotopic (exact) mass is 238 g/mol. The van der Waals surface area contributed by atoms with Crippen LogP contribution in [0.3, 0.4) is 0 Å². The molecule has 0 bridgehead atoms. The summed E-state index contributed by atoms with van der Waals surface area (Å²) in [7, 11) is 0. The van der Waals surface area contributed by atoms with Crippen LogP contribution in [-0.4, -0.2) is 16.8 Å². The van der Waals surface area contributed by atoms with Gasteiger partial charge in [-0.1, -0.05) is 19.3 Å². The summed E-state index contributed by atoms with van der Waals surface area (Å²) in [6.07, 6.45) is 7.50. The van der Waals surface area contributed by atoms with Crippen molar-refractivity contribution in [2.45, 2.75) is 37.4 Å². The number of rotatable bonds is 2. The van der Waals surface area contributed by atoms with Crippen LogP contribution in [0.15, 0.2) is 0 Å². The summed E-state index contributed by atoms with van der Waals surface area (Å²) in [5.41, 5.74) is 0.282. The Hall–Kier alpha value is 1.48. The molecule has 0 N–H and O–H groups in total. The van der Waals surface area contributed by atoms with Crippen LogP contribution in [0.25, 0.3) is 0 Å². The van der Waals surface area contributed by atoms with Crippen molar-refractivity contribution in [3.05, 3.63) is 0 Å². The van der Waals surface area contributed by atoms with Gasteiger partial charge in [0.2, 0.25) is 0 Å². The Morgan fingerprint density at radius 2 is 1.67 bits per heavy atom. The minimum Gasteiger partial charge on any atom is -0.111 e. The van der Waals surface area contributed by atoms with Crippen LogP contribution in [0, 0.1) is 0 Å². The van der Waals surface area contributed by atoms with E-state index in [9.17, 15) is 0 Å². The molecule has 2 aliphatic rings. The van der Waals surface area contributed by atoms with Gasteiger partial charge in [0.1, 0.15) is 0 Å². The zero-order chi connectivity index (χ0) is 8.23. The molecule has 0 unspecified atom stereocenters. The Bertz CT molecular complexity index is 130. The predicted octanol–water partition coefficient (Wildman–Crippen LogP) is 4.76. The lowest BCUT2D eigenvalue weighted by atomic mass is 10.0. The van der Waals surface area contributed by atoms with Crippen molar-refractivity contribution < 1.29 is 0 Å². The second kappa shape index (κ2) is 5.38. The van der Waals surface area contributed by atoms with Gasteiger partial charge in [0.25, 0.3) is 0 Å². The fraction of sp³-hybridized carbons (Fsp3) is 1.00. The van der Waals surface area contributed by atoms with E-state index in [4.69, 9.17) is 0 Å². The highest BCUT2D eigenvalue weighted by atomic mass is 33.4. The third kappa shape index (κ3) is 3.01. The van der Waals surface area contributed by atoms with Crippen LogP contribution in [-0.2, 0) is 0 Å². The standard InChI is InChI=1S/C8H15PS3/c1-2-4-8(5-3-1)12-9-10-6-7-11-9/h8H,1-7H2. The molecule has 1 saturated heterocycles. The van der Waals surface area contributed by atoms with Gasteiger partial charge >= 0.3 is 0 Å².